The number of hydrogen-bond acceptors (Lipinski definition) is 5. The first kappa shape index (κ1) is 12.8. The van der Waals surface area contributed by atoms with Gasteiger partial charge in [0, 0.05) is 0 Å². The summed E-state index contributed by atoms with van der Waals surface area (Å²) in [5.41, 5.74) is 1.23. The molecule has 0 spiro atoms. The van der Waals surface area contributed by atoms with Gasteiger partial charge in [-0.3, -0.25) is 0 Å². The molecule has 0 saturated carbocycles. The Morgan fingerprint density at radius 1 is 1.05 bits per heavy atom. The Hall–Kier alpha value is -2.69. The summed E-state index contributed by atoms with van der Waals surface area (Å²) in [7, 11) is 1.25. The fourth-order valence-electron chi connectivity index (χ4n) is 1.47. The lowest BCUT2D eigenvalue weighted by Gasteiger charge is -2.02. The Balaban J connectivity index is 2.27. The number of carbonyl (C=O) groups is 1. The quantitative estimate of drug-likeness (QED) is 0.673. The van der Waals surface area contributed by atoms with Crippen LogP contribution in [0.4, 0.5) is 11.4 Å². The second-order valence-corrected chi connectivity index (χ2v) is 3.73. The van der Waals surface area contributed by atoms with Gasteiger partial charge in [0.2, 0.25) is 0 Å². The Morgan fingerprint density at radius 2 is 1.74 bits per heavy atom. The number of aromatic hydroxyl groups is 1. The molecule has 0 heterocycles. The molecule has 2 aromatic rings. The van der Waals surface area contributed by atoms with E-state index in [1.165, 1.54) is 19.2 Å². The minimum atomic E-state index is -0.616. The maximum atomic E-state index is 11.4. The van der Waals surface area contributed by atoms with Gasteiger partial charge >= 0.3 is 5.97 Å². The van der Waals surface area contributed by atoms with Gasteiger partial charge in [0.25, 0.3) is 0 Å². The van der Waals surface area contributed by atoms with Crippen molar-refractivity contribution in [3.05, 3.63) is 54.1 Å². The monoisotopic (exact) mass is 256 g/mol. The number of methoxy groups -OCH3 is 1. The highest BCUT2D eigenvalue weighted by molar-refractivity contribution is 5.93. The predicted molar refractivity (Wildman–Crippen MR) is 70.1 cm³/mol. The van der Waals surface area contributed by atoms with E-state index >= 15 is 0 Å². The molecular formula is C14H12N2O3. The SMILES string of the molecule is COC(=O)c1cc(N=Nc2ccccc2)ccc1O. The summed E-state index contributed by atoms with van der Waals surface area (Å²) >= 11 is 0. The van der Waals surface area contributed by atoms with Gasteiger partial charge in [-0.05, 0) is 30.3 Å². The number of azo groups is 1. The van der Waals surface area contributed by atoms with Crippen LogP contribution >= 0.6 is 0 Å². The molecule has 0 amide bonds. The summed E-state index contributed by atoms with van der Waals surface area (Å²) in [5.74, 6) is -0.764. The lowest BCUT2D eigenvalue weighted by Crippen LogP contribution is -2.00. The van der Waals surface area contributed by atoms with E-state index in [1.807, 2.05) is 30.3 Å². The number of hydrogen-bond donors (Lipinski definition) is 1. The molecule has 0 saturated heterocycles. The molecule has 0 aliphatic rings. The highest BCUT2D eigenvalue weighted by Gasteiger charge is 2.11. The van der Waals surface area contributed by atoms with Crippen molar-refractivity contribution in [3.8, 4) is 5.75 Å². The van der Waals surface area contributed by atoms with Gasteiger partial charge in [0.05, 0.1) is 18.5 Å². The van der Waals surface area contributed by atoms with Gasteiger partial charge in [0.1, 0.15) is 11.3 Å². The number of phenolic OH excluding ortho intramolecular Hbond substituents is 1. The van der Waals surface area contributed by atoms with Crippen molar-refractivity contribution in [1.82, 2.24) is 0 Å². The van der Waals surface area contributed by atoms with Crippen LogP contribution in [0.3, 0.4) is 0 Å². The smallest absolute Gasteiger partial charge is 0.341 e. The summed E-state index contributed by atoms with van der Waals surface area (Å²) in [6.07, 6.45) is 0. The number of esters is 1. The van der Waals surface area contributed by atoms with Crippen molar-refractivity contribution in [1.29, 1.82) is 0 Å². The van der Waals surface area contributed by atoms with E-state index in [0.29, 0.717) is 11.4 Å². The average Bonchev–Trinajstić information content (AvgIpc) is 2.46. The zero-order chi connectivity index (χ0) is 13.7. The van der Waals surface area contributed by atoms with Crippen LogP contribution in [0, 0.1) is 0 Å². The second kappa shape index (κ2) is 5.77. The number of nitrogens with zero attached hydrogens (tertiary/aromatic N) is 2. The minimum absolute atomic E-state index is 0.0620. The van der Waals surface area contributed by atoms with Crippen molar-refractivity contribution < 1.29 is 14.6 Å². The summed E-state index contributed by atoms with van der Waals surface area (Å²) < 4.78 is 4.56. The molecule has 2 rings (SSSR count). The van der Waals surface area contributed by atoms with Gasteiger partial charge in [-0.15, -0.1) is 0 Å². The largest absolute Gasteiger partial charge is 0.507 e. The first-order valence-electron chi connectivity index (χ1n) is 5.59. The predicted octanol–water partition coefficient (Wildman–Crippen LogP) is 3.59. The van der Waals surface area contributed by atoms with Crippen molar-refractivity contribution in [2.24, 2.45) is 10.2 Å². The van der Waals surface area contributed by atoms with Crippen LogP contribution in [-0.2, 0) is 4.74 Å². The Labute approximate surface area is 110 Å². The van der Waals surface area contributed by atoms with E-state index in [9.17, 15) is 9.90 Å². The van der Waals surface area contributed by atoms with E-state index in [-0.39, 0.29) is 11.3 Å². The topological polar surface area (TPSA) is 71.2 Å². The van der Waals surface area contributed by atoms with Crippen LogP contribution in [0.2, 0.25) is 0 Å². The summed E-state index contributed by atoms with van der Waals surface area (Å²) in [5, 5.41) is 17.6. The molecule has 0 bridgehead atoms. The lowest BCUT2D eigenvalue weighted by molar-refractivity contribution is 0.0597. The lowest BCUT2D eigenvalue weighted by atomic mass is 10.2. The molecule has 0 aliphatic carbocycles. The number of phenols is 1. The fourth-order valence-corrected chi connectivity index (χ4v) is 1.47. The number of ether oxygens (including phenoxy) is 1. The zero-order valence-electron chi connectivity index (χ0n) is 10.3. The summed E-state index contributed by atoms with van der Waals surface area (Å²) in [6.45, 7) is 0. The molecule has 96 valence electrons. The van der Waals surface area contributed by atoms with Crippen LogP contribution in [-0.4, -0.2) is 18.2 Å². The van der Waals surface area contributed by atoms with Crippen LogP contribution in [0.1, 0.15) is 10.4 Å². The fraction of sp³-hybridized carbons (Fsp3) is 0.0714. The van der Waals surface area contributed by atoms with Gasteiger partial charge in [-0.25, -0.2) is 4.79 Å². The second-order valence-electron chi connectivity index (χ2n) is 3.73. The molecule has 0 atom stereocenters. The third-order valence-electron chi connectivity index (χ3n) is 2.42. The Kier molecular flexibility index (Phi) is 3.87. The Morgan fingerprint density at radius 3 is 2.42 bits per heavy atom. The van der Waals surface area contributed by atoms with Gasteiger partial charge < -0.3 is 9.84 Å². The number of rotatable bonds is 3. The maximum Gasteiger partial charge on any atom is 0.341 e. The maximum absolute atomic E-state index is 11.4. The summed E-state index contributed by atoms with van der Waals surface area (Å²) in [4.78, 5) is 11.4. The van der Waals surface area contributed by atoms with E-state index in [0.717, 1.165) is 0 Å². The molecule has 0 radical (unpaired) electrons. The number of benzene rings is 2. The van der Waals surface area contributed by atoms with E-state index in [2.05, 4.69) is 15.0 Å². The third-order valence-corrected chi connectivity index (χ3v) is 2.42. The highest BCUT2D eigenvalue weighted by atomic mass is 16.5. The van der Waals surface area contributed by atoms with E-state index in [4.69, 9.17) is 0 Å². The van der Waals surface area contributed by atoms with Gasteiger partial charge in [0.15, 0.2) is 0 Å². The normalized spacial score (nSPS) is 10.6. The molecule has 0 fully saturated rings. The van der Waals surface area contributed by atoms with Crippen LogP contribution in [0.25, 0.3) is 0 Å². The molecule has 19 heavy (non-hydrogen) atoms. The molecule has 0 aromatic heterocycles. The first-order chi connectivity index (χ1) is 9.20. The number of carbonyl (C=O) groups excluding carboxylic acids is 1. The molecule has 5 heteroatoms. The van der Waals surface area contributed by atoms with Gasteiger partial charge in [-0.2, -0.15) is 10.2 Å². The molecule has 0 aliphatic heterocycles. The van der Waals surface area contributed by atoms with Crippen molar-refractivity contribution in [2.75, 3.05) is 7.11 Å². The Bertz CT molecular complexity index is 609. The molecule has 0 unspecified atom stereocenters. The molecular weight excluding hydrogens is 244 g/mol. The van der Waals surface area contributed by atoms with Crippen molar-refractivity contribution >= 4 is 17.3 Å². The van der Waals surface area contributed by atoms with Gasteiger partial charge in [-0.1, -0.05) is 18.2 Å². The van der Waals surface area contributed by atoms with Crippen molar-refractivity contribution in [2.45, 2.75) is 0 Å². The van der Waals surface area contributed by atoms with Crippen LogP contribution < -0.4 is 0 Å². The standard InChI is InChI=1S/C14H12N2O3/c1-19-14(18)12-9-11(7-8-13(12)17)16-15-10-5-3-2-4-6-10/h2-9,17H,1H3. The van der Waals surface area contributed by atoms with E-state index < -0.39 is 5.97 Å². The average molecular weight is 256 g/mol. The third kappa shape index (κ3) is 3.16. The zero-order valence-corrected chi connectivity index (χ0v) is 10.3. The molecule has 5 nitrogen and oxygen atoms in total. The minimum Gasteiger partial charge on any atom is -0.507 e. The summed E-state index contributed by atoms with van der Waals surface area (Å²) in [6, 6.07) is 13.6. The molecule has 2 aromatic carbocycles. The highest BCUT2D eigenvalue weighted by Crippen LogP contribution is 2.25. The first-order valence-corrected chi connectivity index (χ1v) is 5.59. The van der Waals surface area contributed by atoms with Crippen LogP contribution in [0.5, 0.6) is 5.75 Å². The van der Waals surface area contributed by atoms with E-state index in [1.54, 1.807) is 6.07 Å². The van der Waals surface area contributed by atoms with Crippen LogP contribution in [0.15, 0.2) is 58.8 Å². The molecule has 1 N–H and O–H groups in total. The van der Waals surface area contributed by atoms with Crippen molar-refractivity contribution in [3.63, 3.8) is 0 Å².